The number of aromatic nitrogens is 1. The molecule has 2 fully saturated rings. The standard InChI is InChI=1S/C15H25N3O4S/c1-11-15(12(2)22-17-11)23(19,20)16-9-13-3-6-18(7-4-13)14-5-8-21-10-14/h13-14,16H,3-10H2,1-2H3/t14-/m0/s1. The number of nitrogens with one attached hydrogen (secondary N) is 1. The first-order valence-electron chi connectivity index (χ1n) is 8.21. The number of ether oxygens (including phenoxy) is 1. The Balaban J connectivity index is 1.51. The fourth-order valence-electron chi connectivity index (χ4n) is 3.49. The van der Waals surface area contributed by atoms with Crippen molar-refractivity contribution in [3.8, 4) is 0 Å². The molecule has 1 aromatic heterocycles. The van der Waals surface area contributed by atoms with Gasteiger partial charge in [0.25, 0.3) is 0 Å². The summed E-state index contributed by atoms with van der Waals surface area (Å²) < 4.78 is 38.0. The molecule has 130 valence electrons. The predicted molar refractivity (Wildman–Crippen MR) is 84.7 cm³/mol. The average Bonchev–Trinajstić information content (AvgIpc) is 3.16. The highest BCUT2D eigenvalue weighted by Crippen LogP contribution is 2.23. The van der Waals surface area contributed by atoms with Crippen LogP contribution in [0.1, 0.15) is 30.7 Å². The zero-order valence-electron chi connectivity index (χ0n) is 13.7. The van der Waals surface area contributed by atoms with Crippen LogP contribution in [0.15, 0.2) is 9.42 Å². The minimum atomic E-state index is -3.55. The van der Waals surface area contributed by atoms with Crippen LogP contribution in [0.4, 0.5) is 0 Å². The molecule has 1 N–H and O–H groups in total. The second-order valence-electron chi connectivity index (χ2n) is 6.50. The molecule has 2 aliphatic rings. The zero-order valence-corrected chi connectivity index (χ0v) is 14.6. The van der Waals surface area contributed by atoms with Crippen LogP contribution in [-0.4, -0.2) is 57.4 Å². The van der Waals surface area contributed by atoms with Crippen molar-refractivity contribution in [2.45, 2.75) is 44.0 Å². The second-order valence-corrected chi connectivity index (χ2v) is 8.21. The van der Waals surface area contributed by atoms with E-state index in [0.29, 0.717) is 30.0 Å². The third-order valence-corrected chi connectivity index (χ3v) is 6.54. The molecule has 3 rings (SSSR count). The van der Waals surface area contributed by atoms with Gasteiger partial charge in [-0.3, -0.25) is 4.90 Å². The summed E-state index contributed by atoms with van der Waals surface area (Å²) in [5.74, 6) is 0.717. The smallest absolute Gasteiger partial charge is 0.245 e. The topological polar surface area (TPSA) is 84.7 Å². The Hall–Kier alpha value is -0.960. The van der Waals surface area contributed by atoms with Crippen LogP contribution in [-0.2, 0) is 14.8 Å². The van der Waals surface area contributed by atoms with E-state index in [1.807, 2.05) is 0 Å². The number of nitrogens with zero attached hydrogens (tertiary/aromatic N) is 2. The van der Waals surface area contributed by atoms with Gasteiger partial charge in [-0.15, -0.1) is 0 Å². The van der Waals surface area contributed by atoms with Crippen molar-refractivity contribution in [2.24, 2.45) is 5.92 Å². The second kappa shape index (κ2) is 6.88. The Labute approximate surface area is 137 Å². The molecule has 2 saturated heterocycles. The highest BCUT2D eigenvalue weighted by molar-refractivity contribution is 7.89. The van der Waals surface area contributed by atoms with Crippen molar-refractivity contribution in [3.05, 3.63) is 11.5 Å². The molecular formula is C15H25N3O4S. The van der Waals surface area contributed by atoms with Crippen molar-refractivity contribution < 1.29 is 17.7 Å². The van der Waals surface area contributed by atoms with E-state index in [-0.39, 0.29) is 4.90 Å². The lowest BCUT2D eigenvalue weighted by molar-refractivity contribution is 0.111. The number of hydrogen-bond acceptors (Lipinski definition) is 6. The van der Waals surface area contributed by atoms with Crippen LogP contribution >= 0.6 is 0 Å². The molecule has 1 atom stereocenters. The van der Waals surface area contributed by atoms with E-state index in [1.165, 1.54) is 0 Å². The van der Waals surface area contributed by atoms with Crippen molar-refractivity contribution in [1.82, 2.24) is 14.8 Å². The SMILES string of the molecule is Cc1noc(C)c1S(=O)(=O)NCC1CCN([C@H]2CCOC2)CC1. The lowest BCUT2D eigenvalue weighted by Gasteiger charge is -2.35. The van der Waals surface area contributed by atoms with E-state index >= 15 is 0 Å². The molecule has 0 bridgehead atoms. The number of hydrogen-bond donors (Lipinski definition) is 1. The van der Waals surface area contributed by atoms with Crippen LogP contribution in [0.5, 0.6) is 0 Å². The Morgan fingerprint density at radius 1 is 1.26 bits per heavy atom. The van der Waals surface area contributed by atoms with Gasteiger partial charge in [-0.1, -0.05) is 5.16 Å². The number of sulfonamides is 1. The largest absolute Gasteiger partial charge is 0.380 e. The maximum Gasteiger partial charge on any atom is 0.245 e. The molecule has 0 unspecified atom stereocenters. The van der Waals surface area contributed by atoms with E-state index in [1.54, 1.807) is 13.8 Å². The fourth-order valence-corrected chi connectivity index (χ4v) is 4.93. The molecule has 0 aromatic carbocycles. The number of likely N-dealkylation sites (tertiary alicyclic amines) is 1. The predicted octanol–water partition coefficient (Wildman–Crippen LogP) is 1.07. The molecule has 23 heavy (non-hydrogen) atoms. The zero-order chi connectivity index (χ0) is 16.4. The third kappa shape index (κ3) is 3.76. The summed E-state index contributed by atoms with van der Waals surface area (Å²) >= 11 is 0. The summed E-state index contributed by atoms with van der Waals surface area (Å²) in [6.07, 6.45) is 3.14. The quantitative estimate of drug-likeness (QED) is 0.861. The fraction of sp³-hybridized carbons (Fsp3) is 0.800. The average molecular weight is 343 g/mol. The summed E-state index contributed by atoms with van der Waals surface area (Å²) in [5, 5.41) is 3.72. The summed E-state index contributed by atoms with van der Waals surface area (Å²) in [5.41, 5.74) is 0.408. The van der Waals surface area contributed by atoms with Gasteiger partial charge < -0.3 is 9.26 Å². The highest BCUT2D eigenvalue weighted by atomic mass is 32.2. The molecule has 0 saturated carbocycles. The van der Waals surface area contributed by atoms with Gasteiger partial charge in [0.15, 0.2) is 5.76 Å². The Bertz CT molecular complexity index is 610. The van der Waals surface area contributed by atoms with Gasteiger partial charge in [0.2, 0.25) is 10.0 Å². The van der Waals surface area contributed by atoms with Gasteiger partial charge >= 0.3 is 0 Å². The highest BCUT2D eigenvalue weighted by Gasteiger charge is 2.29. The van der Waals surface area contributed by atoms with E-state index in [0.717, 1.165) is 45.6 Å². The number of aryl methyl sites for hydroxylation is 2. The summed E-state index contributed by atoms with van der Waals surface area (Å²) in [7, 11) is -3.55. The monoisotopic (exact) mass is 343 g/mol. The number of rotatable bonds is 5. The van der Waals surface area contributed by atoms with Gasteiger partial charge in [0.05, 0.1) is 6.61 Å². The molecule has 2 aliphatic heterocycles. The van der Waals surface area contributed by atoms with Crippen LogP contribution < -0.4 is 4.72 Å². The van der Waals surface area contributed by atoms with E-state index in [9.17, 15) is 8.42 Å². The molecule has 3 heterocycles. The Kier molecular flexibility index (Phi) is 5.05. The molecular weight excluding hydrogens is 318 g/mol. The van der Waals surface area contributed by atoms with Gasteiger partial charge in [-0.2, -0.15) is 0 Å². The molecule has 0 aliphatic carbocycles. The lowest BCUT2D eigenvalue weighted by Crippen LogP contribution is -2.44. The van der Waals surface area contributed by atoms with Crippen molar-refractivity contribution in [2.75, 3.05) is 32.8 Å². The van der Waals surface area contributed by atoms with Crippen molar-refractivity contribution in [1.29, 1.82) is 0 Å². The van der Waals surface area contributed by atoms with Crippen molar-refractivity contribution >= 4 is 10.0 Å². The van der Waals surface area contributed by atoms with Crippen LogP contribution in [0.25, 0.3) is 0 Å². The van der Waals surface area contributed by atoms with Crippen LogP contribution in [0.2, 0.25) is 0 Å². The van der Waals surface area contributed by atoms with Gasteiger partial charge in [-0.25, -0.2) is 13.1 Å². The van der Waals surface area contributed by atoms with Gasteiger partial charge in [0, 0.05) is 19.2 Å². The van der Waals surface area contributed by atoms with E-state index in [2.05, 4.69) is 14.8 Å². The minimum absolute atomic E-state index is 0.179. The Morgan fingerprint density at radius 3 is 2.57 bits per heavy atom. The first kappa shape index (κ1) is 16.9. The normalized spacial score (nSPS) is 24.3. The van der Waals surface area contributed by atoms with Crippen LogP contribution in [0.3, 0.4) is 0 Å². The maximum atomic E-state index is 12.4. The summed E-state index contributed by atoms with van der Waals surface area (Å²) in [4.78, 5) is 2.66. The van der Waals surface area contributed by atoms with Crippen molar-refractivity contribution in [3.63, 3.8) is 0 Å². The van der Waals surface area contributed by atoms with Gasteiger partial charge in [-0.05, 0) is 52.1 Å². The summed E-state index contributed by atoms with van der Waals surface area (Å²) in [6.45, 7) is 7.48. The molecule has 8 heteroatoms. The molecule has 1 aromatic rings. The Morgan fingerprint density at radius 2 is 2.00 bits per heavy atom. The molecule has 0 amide bonds. The summed E-state index contributed by atoms with van der Waals surface area (Å²) in [6, 6.07) is 0.551. The van der Waals surface area contributed by atoms with Gasteiger partial charge in [0.1, 0.15) is 10.6 Å². The maximum absolute atomic E-state index is 12.4. The van der Waals surface area contributed by atoms with E-state index < -0.39 is 10.0 Å². The first-order chi connectivity index (χ1) is 11.0. The lowest BCUT2D eigenvalue weighted by atomic mass is 9.96. The van der Waals surface area contributed by atoms with E-state index in [4.69, 9.17) is 9.26 Å². The number of piperidine rings is 1. The molecule has 0 radical (unpaired) electrons. The van der Waals surface area contributed by atoms with Crippen LogP contribution in [0, 0.1) is 19.8 Å². The minimum Gasteiger partial charge on any atom is -0.380 e. The first-order valence-corrected chi connectivity index (χ1v) is 9.70. The third-order valence-electron chi connectivity index (χ3n) is 4.87. The molecule has 0 spiro atoms. The molecule has 7 nitrogen and oxygen atoms in total.